The predicted molar refractivity (Wildman–Crippen MR) is 104 cm³/mol. The van der Waals surface area contributed by atoms with Gasteiger partial charge in [-0.15, -0.1) is 0 Å². The number of nitrogens with one attached hydrogen (secondary N) is 1. The maximum absolute atomic E-state index is 13.0. The van der Waals surface area contributed by atoms with Gasteiger partial charge in [0.2, 0.25) is 5.91 Å². The molecule has 0 unspecified atom stereocenters. The largest absolute Gasteiger partial charge is 0.378 e. The zero-order valence-electron chi connectivity index (χ0n) is 16.1. The van der Waals surface area contributed by atoms with E-state index in [9.17, 15) is 9.59 Å². The molecule has 1 aromatic rings. The number of hydrogen-bond acceptors (Lipinski definition) is 5. The lowest BCUT2D eigenvalue weighted by Crippen LogP contribution is -2.69. The van der Waals surface area contributed by atoms with Crippen LogP contribution in [0, 0.1) is 0 Å². The van der Waals surface area contributed by atoms with Crippen molar-refractivity contribution >= 4 is 11.8 Å². The van der Waals surface area contributed by atoms with Gasteiger partial charge in [-0.2, -0.15) is 0 Å². The molecule has 3 fully saturated rings. The van der Waals surface area contributed by atoms with Gasteiger partial charge in [0.1, 0.15) is 6.73 Å². The number of ether oxygens (including phenoxy) is 2. The van der Waals surface area contributed by atoms with E-state index >= 15 is 0 Å². The molecule has 1 N–H and O–H groups in total. The van der Waals surface area contributed by atoms with Crippen molar-refractivity contribution in [1.82, 2.24) is 15.1 Å². The highest BCUT2D eigenvalue weighted by molar-refractivity contribution is 5.94. The molecule has 0 radical (unpaired) electrons. The number of carbonyl (C=O) groups excluding carboxylic acids is 2. The van der Waals surface area contributed by atoms with Crippen LogP contribution in [0.1, 0.15) is 28.8 Å². The molecule has 7 nitrogen and oxygen atoms in total. The Hall–Kier alpha value is -2.22. The Labute approximate surface area is 165 Å². The van der Waals surface area contributed by atoms with Gasteiger partial charge in [0.25, 0.3) is 5.91 Å². The van der Waals surface area contributed by atoms with Gasteiger partial charge in [-0.25, -0.2) is 0 Å². The van der Waals surface area contributed by atoms with Crippen molar-refractivity contribution in [2.45, 2.75) is 31.0 Å². The van der Waals surface area contributed by atoms with Gasteiger partial charge in [-0.3, -0.25) is 14.5 Å². The van der Waals surface area contributed by atoms with Gasteiger partial charge in [0.05, 0.1) is 25.4 Å². The summed E-state index contributed by atoms with van der Waals surface area (Å²) in [6, 6.07) is 7.76. The second-order valence-electron chi connectivity index (χ2n) is 7.83. The average Bonchev–Trinajstić information content (AvgIpc) is 3.22. The van der Waals surface area contributed by atoms with Crippen LogP contribution in [0.15, 0.2) is 36.9 Å². The number of amides is 2. The van der Waals surface area contributed by atoms with Crippen LogP contribution in [0.3, 0.4) is 0 Å². The molecule has 2 amide bonds. The molecular formula is C21H27N3O4. The van der Waals surface area contributed by atoms with E-state index < -0.39 is 0 Å². The molecule has 3 aliphatic rings. The second kappa shape index (κ2) is 8.03. The molecule has 0 aromatic heterocycles. The second-order valence-corrected chi connectivity index (χ2v) is 7.83. The molecule has 150 valence electrons. The first-order valence-electron chi connectivity index (χ1n) is 9.82. The first-order chi connectivity index (χ1) is 13.6. The van der Waals surface area contributed by atoms with Crippen molar-refractivity contribution in [1.29, 1.82) is 0 Å². The van der Waals surface area contributed by atoms with Crippen LogP contribution in [-0.2, 0) is 20.8 Å². The van der Waals surface area contributed by atoms with E-state index in [1.807, 2.05) is 12.1 Å². The summed E-state index contributed by atoms with van der Waals surface area (Å²) in [7, 11) is 0. The molecule has 0 bridgehead atoms. The predicted octanol–water partition coefficient (Wildman–Crippen LogP) is 1.15. The minimum atomic E-state index is -0.234. The Balaban J connectivity index is 1.43. The highest BCUT2D eigenvalue weighted by Gasteiger charge is 2.49. The summed E-state index contributed by atoms with van der Waals surface area (Å²) in [5.41, 5.74) is 1.32. The fourth-order valence-corrected chi connectivity index (χ4v) is 4.49. The van der Waals surface area contributed by atoms with E-state index in [1.165, 1.54) is 12.5 Å². The summed E-state index contributed by atoms with van der Waals surface area (Å²) in [6.45, 7) is 7.80. The number of morpholine rings is 1. The topological polar surface area (TPSA) is 71.1 Å². The first kappa shape index (κ1) is 19.1. The van der Waals surface area contributed by atoms with Gasteiger partial charge >= 0.3 is 0 Å². The molecule has 2 atom stereocenters. The van der Waals surface area contributed by atoms with E-state index in [0.29, 0.717) is 44.6 Å². The molecule has 3 saturated heterocycles. The third kappa shape index (κ3) is 3.70. The van der Waals surface area contributed by atoms with Crippen LogP contribution in [-0.4, -0.2) is 72.8 Å². The summed E-state index contributed by atoms with van der Waals surface area (Å²) < 4.78 is 11.7. The van der Waals surface area contributed by atoms with Crippen molar-refractivity contribution in [2.24, 2.45) is 0 Å². The SMILES string of the molecule is C=CC(=O)NCc1ccc(C(=O)N2COC[C@@]3(COC[C@@H]4CCCN43)C2)cc1. The van der Waals surface area contributed by atoms with Gasteiger partial charge in [-0.1, -0.05) is 18.7 Å². The fraction of sp³-hybridized carbons (Fsp3) is 0.524. The van der Waals surface area contributed by atoms with Gasteiger partial charge in [0.15, 0.2) is 0 Å². The Kier molecular flexibility index (Phi) is 5.48. The highest BCUT2D eigenvalue weighted by Crippen LogP contribution is 2.34. The maximum Gasteiger partial charge on any atom is 0.255 e. The summed E-state index contributed by atoms with van der Waals surface area (Å²) in [6.07, 6.45) is 3.57. The third-order valence-corrected chi connectivity index (χ3v) is 5.91. The van der Waals surface area contributed by atoms with E-state index in [2.05, 4.69) is 16.8 Å². The van der Waals surface area contributed by atoms with Crippen molar-refractivity contribution in [3.05, 3.63) is 48.0 Å². The Morgan fingerprint density at radius 3 is 2.82 bits per heavy atom. The lowest BCUT2D eigenvalue weighted by atomic mass is 9.94. The molecule has 0 saturated carbocycles. The van der Waals surface area contributed by atoms with Crippen LogP contribution in [0.5, 0.6) is 0 Å². The van der Waals surface area contributed by atoms with Crippen LogP contribution >= 0.6 is 0 Å². The van der Waals surface area contributed by atoms with Crippen molar-refractivity contribution in [2.75, 3.05) is 39.6 Å². The van der Waals surface area contributed by atoms with Gasteiger partial charge in [-0.05, 0) is 43.2 Å². The molecule has 1 spiro atoms. The van der Waals surface area contributed by atoms with Crippen molar-refractivity contribution < 1.29 is 19.1 Å². The van der Waals surface area contributed by atoms with Gasteiger partial charge in [0, 0.05) is 24.7 Å². The lowest BCUT2D eigenvalue weighted by Gasteiger charge is -2.52. The van der Waals surface area contributed by atoms with Crippen LogP contribution in [0.2, 0.25) is 0 Å². The van der Waals surface area contributed by atoms with E-state index in [4.69, 9.17) is 9.47 Å². The van der Waals surface area contributed by atoms with E-state index in [-0.39, 0.29) is 17.4 Å². The standard InChI is InChI=1S/C21H27N3O4/c1-2-19(25)22-10-16-5-7-17(8-6-16)20(26)23-12-21(14-28-15-23)13-27-11-18-4-3-9-24(18)21/h2,5-8,18H,1,3-4,9-15H2,(H,22,25)/t18-,21-/m0/s1. The van der Waals surface area contributed by atoms with Crippen molar-refractivity contribution in [3.63, 3.8) is 0 Å². The molecular weight excluding hydrogens is 358 g/mol. The fourth-order valence-electron chi connectivity index (χ4n) is 4.49. The van der Waals surface area contributed by atoms with Crippen LogP contribution < -0.4 is 5.32 Å². The number of fused-ring (bicyclic) bond motifs is 2. The number of benzene rings is 1. The number of nitrogens with zero attached hydrogens (tertiary/aromatic N) is 2. The number of hydrogen-bond donors (Lipinski definition) is 1. The lowest BCUT2D eigenvalue weighted by molar-refractivity contribution is -0.164. The Morgan fingerprint density at radius 2 is 2.04 bits per heavy atom. The van der Waals surface area contributed by atoms with Crippen LogP contribution in [0.25, 0.3) is 0 Å². The average molecular weight is 385 g/mol. The molecule has 3 heterocycles. The summed E-state index contributed by atoms with van der Waals surface area (Å²) in [5.74, 6) is -0.257. The summed E-state index contributed by atoms with van der Waals surface area (Å²) >= 11 is 0. The third-order valence-electron chi connectivity index (χ3n) is 5.91. The smallest absolute Gasteiger partial charge is 0.255 e. The monoisotopic (exact) mass is 385 g/mol. The summed E-state index contributed by atoms with van der Waals surface area (Å²) in [4.78, 5) is 28.6. The first-order valence-corrected chi connectivity index (χ1v) is 9.82. The Bertz CT molecular complexity index is 747. The Morgan fingerprint density at radius 1 is 1.25 bits per heavy atom. The molecule has 4 rings (SSSR count). The molecule has 28 heavy (non-hydrogen) atoms. The zero-order chi connectivity index (χ0) is 19.6. The number of rotatable bonds is 4. The van der Waals surface area contributed by atoms with Gasteiger partial charge < -0.3 is 19.7 Å². The maximum atomic E-state index is 13.0. The van der Waals surface area contributed by atoms with E-state index in [1.54, 1.807) is 17.0 Å². The van der Waals surface area contributed by atoms with Crippen LogP contribution in [0.4, 0.5) is 0 Å². The molecule has 3 aliphatic heterocycles. The normalized spacial score (nSPS) is 27.4. The minimum Gasteiger partial charge on any atom is -0.378 e. The number of carbonyl (C=O) groups is 2. The quantitative estimate of drug-likeness (QED) is 0.788. The molecule has 1 aromatic carbocycles. The zero-order valence-corrected chi connectivity index (χ0v) is 16.1. The minimum absolute atomic E-state index is 0.0397. The highest BCUT2D eigenvalue weighted by atomic mass is 16.5. The molecule has 7 heteroatoms. The molecule has 0 aliphatic carbocycles. The summed E-state index contributed by atoms with van der Waals surface area (Å²) in [5, 5.41) is 2.73. The van der Waals surface area contributed by atoms with E-state index in [0.717, 1.165) is 25.1 Å². The van der Waals surface area contributed by atoms with Crippen molar-refractivity contribution in [3.8, 4) is 0 Å².